The fraction of sp³-hybridized carbons (Fsp3) is 0.778. The van der Waals surface area contributed by atoms with E-state index in [1.54, 1.807) is 4.90 Å². The topological polar surface area (TPSA) is 88.3 Å². The highest BCUT2D eigenvalue weighted by Crippen LogP contribution is 2.32. The van der Waals surface area contributed by atoms with Crippen LogP contribution in [0.15, 0.2) is 4.52 Å². The quantitative estimate of drug-likeness (QED) is 0.850. The fourth-order valence-corrected chi connectivity index (χ4v) is 3.79. The number of amides is 2. The van der Waals surface area contributed by atoms with E-state index < -0.39 is 0 Å². The second-order valence-electron chi connectivity index (χ2n) is 7.10. The summed E-state index contributed by atoms with van der Waals surface area (Å²) in [4.78, 5) is 30.4. The van der Waals surface area contributed by atoms with Crippen molar-refractivity contribution in [2.45, 2.75) is 64.2 Å². The summed E-state index contributed by atoms with van der Waals surface area (Å²) in [7, 11) is 0. The summed E-state index contributed by atoms with van der Waals surface area (Å²) in [6.45, 7) is 3.66. The lowest BCUT2D eigenvalue weighted by Gasteiger charge is -2.31. The monoisotopic (exact) mass is 348 g/mol. The zero-order valence-electron chi connectivity index (χ0n) is 15.0. The predicted octanol–water partition coefficient (Wildman–Crippen LogP) is 2.03. The molecule has 1 aliphatic heterocycles. The van der Waals surface area contributed by atoms with Gasteiger partial charge in [0.1, 0.15) is 0 Å². The van der Waals surface area contributed by atoms with Crippen molar-refractivity contribution in [2.75, 3.05) is 19.6 Å². The highest BCUT2D eigenvalue weighted by Gasteiger charge is 2.27. The first kappa shape index (κ1) is 17.9. The van der Waals surface area contributed by atoms with E-state index >= 15 is 0 Å². The molecule has 0 spiro atoms. The molecule has 7 nitrogen and oxygen atoms in total. The lowest BCUT2D eigenvalue weighted by atomic mass is 9.97. The molecule has 0 radical (unpaired) electrons. The third-order valence-electron chi connectivity index (χ3n) is 5.28. The summed E-state index contributed by atoms with van der Waals surface area (Å²) in [5, 5.41) is 6.98. The van der Waals surface area contributed by atoms with Gasteiger partial charge in [0.05, 0.1) is 5.92 Å². The van der Waals surface area contributed by atoms with Crippen LogP contribution in [0.25, 0.3) is 0 Å². The molecule has 7 heteroatoms. The summed E-state index contributed by atoms with van der Waals surface area (Å²) >= 11 is 0. The molecule has 138 valence electrons. The number of hydrogen-bond acceptors (Lipinski definition) is 5. The fourth-order valence-electron chi connectivity index (χ4n) is 3.79. The highest BCUT2D eigenvalue weighted by atomic mass is 16.5. The highest BCUT2D eigenvalue weighted by molar-refractivity contribution is 5.81. The molecule has 1 aliphatic carbocycles. The van der Waals surface area contributed by atoms with Crippen LogP contribution < -0.4 is 5.32 Å². The van der Waals surface area contributed by atoms with Crippen LogP contribution in [0.1, 0.15) is 69.5 Å². The summed E-state index contributed by atoms with van der Waals surface area (Å²) < 4.78 is 5.36. The maximum absolute atomic E-state index is 12.3. The van der Waals surface area contributed by atoms with E-state index in [1.165, 1.54) is 12.8 Å². The Morgan fingerprint density at radius 3 is 2.80 bits per heavy atom. The average Bonchev–Trinajstić information content (AvgIpc) is 3.32. The molecule has 2 heterocycles. The molecule has 1 aromatic heterocycles. The first-order valence-electron chi connectivity index (χ1n) is 9.55. The van der Waals surface area contributed by atoms with Crippen LogP contribution >= 0.6 is 0 Å². The van der Waals surface area contributed by atoms with Gasteiger partial charge in [0.25, 0.3) is 0 Å². The van der Waals surface area contributed by atoms with Crippen LogP contribution in [-0.4, -0.2) is 46.5 Å². The molecule has 1 saturated carbocycles. The standard InChI is InChI=1S/C18H28N4O3/c1-2-16(23)22-11-5-8-14(12-22)17(24)19-10-9-15-20-18(25-21-15)13-6-3-4-7-13/h13-14H,2-12H2,1H3,(H,19,24)/t14-/m1/s1. The molecule has 2 fully saturated rings. The van der Waals surface area contributed by atoms with E-state index in [1.807, 2.05) is 6.92 Å². The smallest absolute Gasteiger partial charge is 0.229 e. The third-order valence-corrected chi connectivity index (χ3v) is 5.28. The van der Waals surface area contributed by atoms with Gasteiger partial charge in [-0.25, -0.2) is 0 Å². The van der Waals surface area contributed by atoms with Gasteiger partial charge >= 0.3 is 0 Å². The van der Waals surface area contributed by atoms with E-state index in [0.717, 1.165) is 38.1 Å². The Morgan fingerprint density at radius 1 is 1.24 bits per heavy atom. The van der Waals surface area contributed by atoms with Gasteiger partial charge in [0.15, 0.2) is 5.82 Å². The maximum atomic E-state index is 12.3. The van der Waals surface area contributed by atoms with Crippen LogP contribution in [-0.2, 0) is 16.0 Å². The number of nitrogens with zero attached hydrogens (tertiary/aromatic N) is 3. The Morgan fingerprint density at radius 2 is 2.04 bits per heavy atom. The minimum atomic E-state index is -0.108. The van der Waals surface area contributed by atoms with Gasteiger partial charge in [-0.2, -0.15) is 4.98 Å². The number of likely N-dealkylation sites (tertiary alicyclic amines) is 1. The second kappa shape index (κ2) is 8.45. The van der Waals surface area contributed by atoms with Gasteiger partial charge in [0.2, 0.25) is 17.7 Å². The number of piperidine rings is 1. The molecule has 0 aromatic carbocycles. The van der Waals surface area contributed by atoms with E-state index in [9.17, 15) is 9.59 Å². The zero-order chi connectivity index (χ0) is 17.6. The Labute approximate surface area is 148 Å². The molecule has 0 unspecified atom stereocenters. The first-order valence-corrected chi connectivity index (χ1v) is 9.55. The van der Waals surface area contributed by atoms with E-state index in [2.05, 4.69) is 15.5 Å². The lowest BCUT2D eigenvalue weighted by Crippen LogP contribution is -2.45. The van der Waals surface area contributed by atoms with Crippen molar-refractivity contribution in [3.05, 3.63) is 11.7 Å². The third kappa shape index (κ3) is 4.58. The Bertz CT molecular complexity index is 595. The number of carbonyl (C=O) groups excluding carboxylic acids is 2. The summed E-state index contributed by atoms with van der Waals surface area (Å²) in [5.41, 5.74) is 0. The van der Waals surface area contributed by atoms with Gasteiger partial charge in [-0.05, 0) is 25.7 Å². The molecule has 25 heavy (non-hydrogen) atoms. The van der Waals surface area contributed by atoms with Crippen LogP contribution in [0.5, 0.6) is 0 Å². The van der Waals surface area contributed by atoms with Gasteiger partial charge in [0, 0.05) is 38.4 Å². The van der Waals surface area contributed by atoms with Gasteiger partial charge in [-0.1, -0.05) is 24.9 Å². The number of nitrogens with one attached hydrogen (secondary N) is 1. The van der Waals surface area contributed by atoms with Crippen LogP contribution in [0.2, 0.25) is 0 Å². The predicted molar refractivity (Wildman–Crippen MR) is 91.8 cm³/mol. The Hall–Kier alpha value is -1.92. The number of carbonyl (C=O) groups is 2. The Balaban J connectivity index is 1.42. The molecular formula is C18H28N4O3. The number of rotatable bonds is 6. The zero-order valence-corrected chi connectivity index (χ0v) is 15.0. The summed E-state index contributed by atoms with van der Waals surface area (Å²) in [5.74, 6) is 1.87. The van der Waals surface area contributed by atoms with Gasteiger partial charge in [-0.3, -0.25) is 9.59 Å². The van der Waals surface area contributed by atoms with Crippen LogP contribution in [0.3, 0.4) is 0 Å². The molecule has 2 aliphatic rings. The van der Waals surface area contributed by atoms with Crippen molar-refractivity contribution in [3.63, 3.8) is 0 Å². The SMILES string of the molecule is CCC(=O)N1CCC[C@@H](C(=O)NCCc2noc(C3CCCC3)n2)C1. The minimum Gasteiger partial charge on any atom is -0.355 e. The number of hydrogen-bond donors (Lipinski definition) is 1. The maximum Gasteiger partial charge on any atom is 0.229 e. The lowest BCUT2D eigenvalue weighted by molar-refractivity contribution is -0.135. The van der Waals surface area contributed by atoms with Gasteiger partial charge < -0.3 is 14.7 Å². The molecule has 1 aromatic rings. The molecule has 1 atom stereocenters. The number of aromatic nitrogens is 2. The summed E-state index contributed by atoms with van der Waals surface area (Å²) in [6.07, 6.45) is 7.53. The normalized spacial score (nSPS) is 21.5. The van der Waals surface area contributed by atoms with Crippen LogP contribution in [0, 0.1) is 5.92 Å². The molecular weight excluding hydrogens is 320 g/mol. The average molecular weight is 348 g/mol. The Kier molecular flexibility index (Phi) is 6.04. The largest absolute Gasteiger partial charge is 0.355 e. The molecule has 1 saturated heterocycles. The van der Waals surface area contributed by atoms with Crippen molar-refractivity contribution in [3.8, 4) is 0 Å². The van der Waals surface area contributed by atoms with Crippen molar-refractivity contribution in [1.29, 1.82) is 0 Å². The van der Waals surface area contributed by atoms with Crippen molar-refractivity contribution >= 4 is 11.8 Å². The van der Waals surface area contributed by atoms with E-state index in [-0.39, 0.29) is 17.7 Å². The van der Waals surface area contributed by atoms with Crippen molar-refractivity contribution < 1.29 is 14.1 Å². The molecule has 2 amide bonds. The summed E-state index contributed by atoms with van der Waals surface area (Å²) in [6, 6.07) is 0. The second-order valence-corrected chi connectivity index (χ2v) is 7.10. The molecule has 1 N–H and O–H groups in total. The minimum absolute atomic E-state index is 0.0214. The van der Waals surface area contributed by atoms with Crippen molar-refractivity contribution in [2.24, 2.45) is 5.92 Å². The molecule has 0 bridgehead atoms. The van der Waals surface area contributed by atoms with Crippen LogP contribution in [0.4, 0.5) is 0 Å². The van der Waals surface area contributed by atoms with Gasteiger partial charge in [-0.15, -0.1) is 0 Å². The van der Waals surface area contributed by atoms with E-state index in [4.69, 9.17) is 4.52 Å². The molecule has 3 rings (SSSR count). The first-order chi connectivity index (χ1) is 12.2. The van der Waals surface area contributed by atoms with Crippen molar-refractivity contribution in [1.82, 2.24) is 20.4 Å². The van der Waals surface area contributed by atoms with E-state index in [0.29, 0.717) is 37.7 Å².